The van der Waals surface area contributed by atoms with Crippen molar-refractivity contribution >= 4 is 38.7 Å². The highest BCUT2D eigenvalue weighted by atomic mass is 35.5. The Hall–Kier alpha value is -2.09. The molecule has 1 atom stereocenters. The lowest BCUT2D eigenvalue weighted by atomic mass is 10.1. The van der Waals surface area contributed by atoms with Crippen molar-refractivity contribution in [3.8, 4) is 0 Å². The van der Waals surface area contributed by atoms with E-state index in [0.717, 1.165) is 6.26 Å². The van der Waals surface area contributed by atoms with E-state index in [2.05, 4.69) is 15.3 Å². The largest absolute Gasteiger partial charge is 0.371 e. The topological polar surface area (TPSA) is 74.8 Å². The summed E-state index contributed by atoms with van der Waals surface area (Å²) in [5.74, 6) is -0.207. The van der Waals surface area contributed by atoms with Gasteiger partial charge in [0.1, 0.15) is 17.7 Å². The number of H-pyrrole nitrogens is 1. The van der Waals surface area contributed by atoms with Crippen molar-refractivity contribution in [2.75, 3.05) is 11.6 Å². The van der Waals surface area contributed by atoms with Gasteiger partial charge in [-0.2, -0.15) is 0 Å². The molecule has 26 heavy (non-hydrogen) atoms. The monoisotopic (exact) mass is 413 g/mol. The van der Waals surface area contributed by atoms with E-state index in [4.69, 9.17) is 23.2 Å². The number of nitrogens with zero attached hydrogens (tertiary/aromatic N) is 1. The minimum atomic E-state index is -3.45. The Morgan fingerprint density at radius 1 is 1.19 bits per heavy atom. The lowest BCUT2D eigenvalue weighted by Crippen LogP contribution is -2.14. The van der Waals surface area contributed by atoms with Crippen LogP contribution in [-0.2, 0) is 9.84 Å². The van der Waals surface area contributed by atoms with Crippen LogP contribution in [0.25, 0.3) is 0 Å². The number of aromatic nitrogens is 2. The van der Waals surface area contributed by atoms with Crippen LogP contribution in [0.3, 0.4) is 0 Å². The second kappa shape index (κ2) is 7.26. The lowest BCUT2D eigenvalue weighted by Gasteiger charge is -2.19. The van der Waals surface area contributed by atoms with Gasteiger partial charge >= 0.3 is 0 Å². The molecule has 0 radical (unpaired) electrons. The Labute approximate surface area is 160 Å². The zero-order chi connectivity index (χ0) is 18.9. The second-order valence-electron chi connectivity index (χ2n) is 5.67. The van der Waals surface area contributed by atoms with Crippen LogP contribution in [-0.4, -0.2) is 24.6 Å². The fourth-order valence-electron chi connectivity index (χ4n) is 2.40. The number of benzene rings is 2. The van der Waals surface area contributed by atoms with E-state index in [9.17, 15) is 12.8 Å². The number of aromatic amines is 1. The molecule has 0 aliphatic carbocycles. The summed E-state index contributed by atoms with van der Waals surface area (Å²) in [6, 6.07) is 10.7. The van der Waals surface area contributed by atoms with Crippen LogP contribution < -0.4 is 5.32 Å². The fourth-order valence-corrected chi connectivity index (χ4v) is 3.31. The summed E-state index contributed by atoms with van der Waals surface area (Å²) >= 11 is 11.9. The Morgan fingerprint density at radius 3 is 2.58 bits per heavy atom. The Morgan fingerprint density at radius 2 is 1.96 bits per heavy atom. The summed E-state index contributed by atoms with van der Waals surface area (Å²) in [7, 11) is -3.45. The second-order valence-corrected chi connectivity index (χ2v) is 8.49. The van der Waals surface area contributed by atoms with Crippen molar-refractivity contribution in [3.05, 3.63) is 75.9 Å². The molecule has 0 fully saturated rings. The highest BCUT2D eigenvalue weighted by Crippen LogP contribution is 2.29. The van der Waals surface area contributed by atoms with Gasteiger partial charge in [0.15, 0.2) is 14.9 Å². The first-order valence-electron chi connectivity index (χ1n) is 7.46. The molecular weight excluding hydrogens is 400 g/mol. The molecular formula is C17H14Cl2FN3O2S. The molecule has 0 saturated carbocycles. The highest BCUT2D eigenvalue weighted by Gasteiger charge is 2.21. The van der Waals surface area contributed by atoms with Gasteiger partial charge < -0.3 is 10.3 Å². The van der Waals surface area contributed by atoms with Crippen LogP contribution in [0.1, 0.15) is 17.4 Å². The molecule has 3 rings (SSSR count). The summed E-state index contributed by atoms with van der Waals surface area (Å²) in [6.45, 7) is 0. The third kappa shape index (κ3) is 4.17. The third-order valence-electron chi connectivity index (χ3n) is 3.66. The van der Waals surface area contributed by atoms with Crippen LogP contribution >= 0.6 is 23.2 Å². The van der Waals surface area contributed by atoms with Gasteiger partial charge in [-0.25, -0.2) is 17.8 Å². The summed E-state index contributed by atoms with van der Waals surface area (Å²) in [6.07, 6.45) is 2.32. The lowest BCUT2D eigenvalue weighted by molar-refractivity contribution is 0.598. The van der Waals surface area contributed by atoms with E-state index < -0.39 is 21.7 Å². The van der Waals surface area contributed by atoms with Crippen molar-refractivity contribution in [3.63, 3.8) is 0 Å². The molecule has 2 N–H and O–H groups in total. The Kier molecular flexibility index (Phi) is 5.22. The molecule has 1 aromatic heterocycles. The van der Waals surface area contributed by atoms with E-state index in [1.165, 1.54) is 18.3 Å². The maximum absolute atomic E-state index is 13.5. The first-order chi connectivity index (χ1) is 12.2. The van der Waals surface area contributed by atoms with Gasteiger partial charge in [-0.3, -0.25) is 0 Å². The molecule has 0 bridgehead atoms. The maximum Gasteiger partial charge on any atom is 0.192 e. The first kappa shape index (κ1) is 18.7. The number of nitrogens with one attached hydrogen (secondary N) is 2. The van der Waals surface area contributed by atoms with E-state index in [-0.39, 0.29) is 10.0 Å². The third-order valence-corrected chi connectivity index (χ3v) is 5.19. The molecule has 0 aliphatic rings. The van der Waals surface area contributed by atoms with Crippen LogP contribution in [0.15, 0.2) is 53.7 Å². The molecule has 3 aromatic rings. The zero-order valence-electron chi connectivity index (χ0n) is 13.5. The van der Waals surface area contributed by atoms with Gasteiger partial charge in [-0.05, 0) is 35.9 Å². The van der Waals surface area contributed by atoms with Crippen molar-refractivity contribution < 1.29 is 12.8 Å². The molecule has 1 heterocycles. The number of sulfone groups is 1. The average Bonchev–Trinajstić information content (AvgIpc) is 3.05. The number of hydrogen-bond acceptors (Lipinski definition) is 4. The number of imidazole rings is 1. The molecule has 0 spiro atoms. The van der Waals surface area contributed by atoms with Crippen molar-refractivity contribution in [2.45, 2.75) is 11.1 Å². The van der Waals surface area contributed by atoms with Gasteiger partial charge in [0.2, 0.25) is 0 Å². The fraction of sp³-hybridized carbons (Fsp3) is 0.118. The smallest absolute Gasteiger partial charge is 0.192 e. The molecule has 0 amide bonds. The van der Waals surface area contributed by atoms with E-state index in [1.807, 2.05) is 0 Å². The van der Waals surface area contributed by atoms with Crippen LogP contribution in [0.4, 0.5) is 10.1 Å². The predicted molar refractivity (Wildman–Crippen MR) is 100 cm³/mol. The molecule has 2 aromatic carbocycles. The number of hydrogen-bond donors (Lipinski definition) is 2. The average molecular weight is 414 g/mol. The number of anilines is 1. The number of halogens is 3. The van der Waals surface area contributed by atoms with Gasteiger partial charge in [0.25, 0.3) is 0 Å². The predicted octanol–water partition coefficient (Wildman–Crippen LogP) is 4.46. The maximum atomic E-state index is 13.5. The minimum Gasteiger partial charge on any atom is -0.371 e. The van der Waals surface area contributed by atoms with E-state index >= 15 is 0 Å². The molecule has 5 nitrogen and oxygen atoms in total. The summed E-state index contributed by atoms with van der Waals surface area (Å²) < 4.78 is 37.0. The van der Waals surface area contributed by atoms with Crippen LogP contribution in [0.2, 0.25) is 10.0 Å². The van der Waals surface area contributed by atoms with Gasteiger partial charge in [0.05, 0.1) is 11.2 Å². The molecule has 9 heteroatoms. The van der Waals surface area contributed by atoms with Crippen molar-refractivity contribution in [1.82, 2.24) is 9.97 Å². The Balaban J connectivity index is 2.06. The van der Waals surface area contributed by atoms with E-state index in [0.29, 0.717) is 22.1 Å². The standard InChI is InChI=1S/C17H14Cl2FN3O2S/c1-26(24,25)15-9-21-17(23-15)16(10-5-6-14(20)13(19)7-10)22-12-4-2-3-11(18)8-12/h2-9,16,22H,1H3,(H,21,23)/t16-/m1/s1. The van der Waals surface area contributed by atoms with E-state index in [1.54, 1.807) is 30.3 Å². The van der Waals surface area contributed by atoms with Gasteiger partial charge in [-0.1, -0.05) is 35.3 Å². The minimum absolute atomic E-state index is 0.0152. The Bertz CT molecular complexity index is 1050. The quantitative estimate of drug-likeness (QED) is 0.647. The SMILES string of the molecule is CS(=O)(=O)c1cnc([C@H](Nc2cccc(Cl)c2)c2ccc(F)c(Cl)c2)[nH]1. The highest BCUT2D eigenvalue weighted by molar-refractivity contribution is 7.90. The van der Waals surface area contributed by atoms with Crippen molar-refractivity contribution in [2.24, 2.45) is 0 Å². The van der Waals surface area contributed by atoms with Gasteiger partial charge in [0, 0.05) is 17.0 Å². The van der Waals surface area contributed by atoms with Gasteiger partial charge in [-0.15, -0.1) is 0 Å². The first-order valence-corrected chi connectivity index (χ1v) is 10.1. The normalized spacial score (nSPS) is 12.8. The number of rotatable bonds is 5. The molecule has 0 saturated heterocycles. The molecule has 136 valence electrons. The van der Waals surface area contributed by atoms with Crippen molar-refractivity contribution in [1.29, 1.82) is 0 Å². The summed E-state index contributed by atoms with van der Waals surface area (Å²) in [5.41, 5.74) is 1.28. The summed E-state index contributed by atoms with van der Waals surface area (Å²) in [5, 5.41) is 3.68. The molecule has 0 unspecified atom stereocenters. The van der Waals surface area contributed by atoms with Crippen LogP contribution in [0, 0.1) is 5.82 Å². The molecule has 0 aliphatic heterocycles. The summed E-state index contributed by atoms with van der Waals surface area (Å²) in [4.78, 5) is 6.95. The zero-order valence-corrected chi connectivity index (χ0v) is 15.8. The van der Waals surface area contributed by atoms with Crippen LogP contribution in [0.5, 0.6) is 0 Å².